The maximum absolute atomic E-state index is 12.5. The fourth-order valence-corrected chi connectivity index (χ4v) is 5.56. The molecule has 1 aromatic carbocycles. The summed E-state index contributed by atoms with van der Waals surface area (Å²) in [6, 6.07) is 10.1. The van der Waals surface area contributed by atoms with Crippen molar-refractivity contribution >= 4 is 61.4 Å². The second-order valence-corrected chi connectivity index (χ2v) is 10.3. The molecule has 0 saturated carbocycles. The normalized spacial score (nSPS) is 11.1. The molecule has 0 aliphatic rings. The Bertz CT molecular complexity index is 1180. The summed E-state index contributed by atoms with van der Waals surface area (Å²) in [5.74, 6) is 0.980. The lowest BCUT2D eigenvalue weighted by Gasteiger charge is -2.06. The van der Waals surface area contributed by atoms with Crippen molar-refractivity contribution in [2.45, 2.75) is 32.0 Å². The molecule has 0 fully saturated rings. The lowest BCUT2D eigenvalue weighted by molar-refractivity contribution is -0.113. The third kappa shape index (κ3) is 5.25. The number of aromatic nitrogens is 4. The summed E-state index contributed by atoms with van der Waals surface area (Å²) in [4.78, 5) is 18.3. The van der Waals surface area contributed by atoms with Gasteiger partial charge in [-0.2, -0.15) is 0 Å². The number of nitrogens with one attached hydrogen (secondary N) is 1. The predicted octanol–water partition coefficient (Wildman–Crippen LogP) is 6.21. The monoisotopic (exact) mass is 533 g/mol. The standard InChI is InChI=1S/C21H20BrN5OS3/c1-3-16-9-14(10-29-16)19-25-26-21(27(19)4-2)31-12-18(28)24-20-23-17(11-30-20)13-5-7-15(22)8-6-13/h5-11H,3-4,12H2,1-2H3,(H,23,24,28). The van der Waals surface area contributed by atoms with E-state index in [2.05, 4.69) is 66.3 Å². The average Bonchev–Trinajstić information content (AvgIpc) is 3.51. The van der Waals surface area contributed by atoms with Crippen LogP contribution in [0.5, 0.6) is 0 Å². The molecule has 31 heavy (non-hydrogen) atoms. The van der Waals surface area contributed by atoms with Crippen molar-refractivity contribution in [2.24, 2.45) is 0 Å². The topological polar surface area (TPSA) is 72.7 Å². The molecule has 0 aliphatic carbocycles. The Morgan fingerprint density at radius 2 is 1.94 bits per heavy atom. The van der Waals surface area contributed by atoms with Gasteiger partial charge in [-0.1, -0.05) is 46.7 Å². The van der Waals surface area contributed by atoms with E-state index in [1.807, 2.05) is 29.6 Å². The second-order valence-electron chi connectivity index (χ2n) is 6.59. The number of benzene rings is 1. The first-order valence-electron chi connectivity index (χ1n) is 9.72. The van der Waals surface area contributed by atoms with Crippen LogP contribution < -0.4 is 5.32 Å². The molecule has 0 spiro atoms. The number of nitrogens with zero attached hydrogens (tertiary/aromatic N) is 4. The Labute approximate surface area is 201 Å². The number of amides is 1. The van der Waals surface area contributed by atoms with Gasteiger partial charge in [-0.3, -0.25) is 4.79 Å². The minimum Gasteiger partial charge on any atom is -0.302 e. The smallest absolute Gasteiger partial charge is 0.236 e. The molecular weight excluding hydrogens is 514 g/mol. The van der Waals surface area contributed by atoms with Gasteiger partial charge in [0.05, 0.1) is 11.4 Å². The zero-order valence-corrected chi connectivity index (χ0v) is 21.0. The number of hydrogen-bond donors (Lipinski definition) is 1. The SMILES string of the molecule is CCc1cc(-c2nnc(SCC(=O)Nc3nc(-c4ccc(Br)cc4)cs3)n2CC)cs1. The van der Waals surface area contributed by atoms with Crippen molar-refractivity contribution in [1.29, 1.82) is 0 Å². The fraction of sp³-hybridized carbons (Fsp3) is 0.238. The molecule has 1 N–H and O–H groups in total. The number of anilines is 1. The molecular formula is C21H20BrN5OS3. The number of thioether (sulfide) groups is 1. The van der Waals surface area contributed by atoms with Gasteiger partial charge < -0.3 is 9.88 Å². The van der Waals surface area contributed by atoms with Gasteiger partial charge in [-0.05, 0) is 31.5 Å². The molecule has 4 rings (SSSR count). The Morgan fingerprint density at radius 1 is 1.13 bits per heavy atom. The zero-order chi connectivity index (χ0) is 21.8. The van der Waals surface area contributed by atoms with Gasteiger partial charge in [-0.15, -0.1) is 32.9 Å². The average molecular weight is 535 g/mol. The van der Waals surface area contributed by atoms with Crippen LogP contribution in [0.15, 0.2) is 50.7 Å². The minimum absolute atomic E-state index is 0.113. The van der Waals surface area contributed by atoms with E-state index >= 15 is 0 Å². The highest BCUT2D eigenvalue weighted by atomic mass is 79.9. The number of halogens is 1. The fourth-order valence-electron chi connectivity index (χ4n) is 2.95. The lowest BCUT2D eigenvalue weighted by Crippen LogP contribution is -2.14. The maximum atomic E-state index is 12.5. The van der Waals surface area contributed by atoms with Gasteiger partial charge in [0, 0.05) is 37.8 Å². The van der Waals surface area contributed by atoms with E-state index in [9.17, 15) is 4.79 Å². The van der Waals surface area contributed by atoms with E-state index in [1.165, 1.54) is 28.0 Å². The Hall–Kier alpha value is -2.01. The maximum Gasteiger partial charge on any atom is 0.236 e. The van der Waals surface area contributed by atoms with Crippen LogP contribution in [0.1, 0.15) is 18.7 Å². The largest absolute Gasteiger partial charge is 0.302 e. The van der Waals surface area contributed by atoms with E-state index in [-0.39, 0.29) is 11.7 Å². The number of thiazole rings is 1. The van der Waals surface area contributed by atoms with Crippen LogP contribution >= 0.6 is 50.4 Å². The summed E-state index contributed by atoms with van der Waals surface area (Å²) in [5.41, 5.74) is 2.94. The van der Waals surface area contributed by atoms with Gasteiger partial charge in [0.25, 0.3) is 0 Å². The number of rotatable bonds is 8. The molecule has 0 aliphatic heterocycles. The Balaban J connectivity index is 1.38. The van der Waals surface area contributed by atoms with Crippen molar-refractivity contribution < 1.29 is 4.79 Å². The highest BCUT2D eigenvalue weighted by Gasteiger charge is 2.16. The molecule has 4 aromatic rings. The van der Waals surface area contributed by atoms with E-state index < -0.39 is 0 Å². The summed E-state index contributed by atoms with van der Waals surface area (Å²) in [5, 5.41) is 16.9. The highest BCUT2D eigenvalue weighted by Crippen LogP contribution is 2.29. The van der Waals surface area contributed by atoms with Crippen molar-refractivity contribution in [3.63, 3.8) is 0 Å². The van der Waals surface area contributed by atoms with Crippen molar-refractivity contribution in [3.8, 4) is 22.6 Å². The van der Waals surface area contributed by atoms with Crippen LogP contribution in [0.4, 0.5) is 5.13 Å². The highest BCUT2D eigenvalue weighted by molar-refractivity contribution is 9.10. The number of aryl methyl sites for hydroxylation is 1. The molecule has 160 valence electrons. The van der Waals surface area contributed by atoms with Gasteiger partial charge in [0.2, 0.25) is 5.91 Å². The number of thiophene rings is 1. The molecule has 0 radical (unpaired) electrons. The van der Waals surface area contributed by atoms with Crippen molar-refractivity contribution in [1.82, 2.24) is 19.7 Å². The van der Waals surface area contributed by atoms with Crippen LogP contribution in [-0.4, -0.2) is 31.4 Å². The number of carbonyl (C=O) groups is 1. The molecule has 3 heterocycles. The van der Waals surface area contributed by atoms with E-state index in [0.717, 1.165) is 45.2 Å². The van der Waals surface area contributed by atoms with Gasteiger partial charge in [0.15, 0.2) is 16.1 Å². The summed E-state index contributed by atoms with van der Waals surface area (Å²) < 4.78 is 3.07. The van der Waals surface area contributed by atoms with Crippen LogP contribution in [0.25, 0.3) is 22.6 Å². The predicted molar refractivity (Wildman–Crippen MR) is 133 cm³/mol. The first kappa shape index (κ1) is 22.2. The van der Waals surface area contributed by atoms with Gasteiger partial charge in [0.1, 0.15) is 0 Å². The van der Waals surface area contributed by atoms with Crippen LogP contribution in [0.2, 0.25) is 0 Å². The molecule has 0 unspecified atom stereocenters. The second kappa shape index (κ2) is 10.1. The van der Waals surface area contributed by atoms with Gasteiger partial charge in [-0.25, -0.2) is 4.98 Å². The quantitative estimate of drug-likeness (QED) is 0.272. The zero-order valence-electron chi connectivity index (χ0n) is 17.0. The molecule has 0 bridgehead atoms. The Morgan fingerprint density at radius 3 is 2.65 bits per heavy atom. The summed E-state index contributed by atoms with van der Waals surface area (Å²) >= 11 is 7.97. The molecule has 1 amide bonds. The summed E-state index contributed by atoms with van der Waals surface area (Å²) in [6.07, 6.45) is 1.01. The first-order chi connectivity index (χ1) is 15.1. The van der Waals surface area contributed by atoms with Crippen molar-refractivity contribution in [2.75, 3.05) is 11.1 Å². The van der Waals surface area contributed by atoms with Crippen molar-refractivity contribution in [3.05, 3.63) is 50.4 Å². The molecule has 10 heteroatoms. The van der Waals surface area contributed by atoms with Crippen LogP contribution in [0, 0.1) is 0 Å². The number of hydrogen-bond acceptors (Lipinski definition) is 7. The van der Waals surface area contributed by atoms with Crippen LogP contribution in [0.3, 0.4) is 0 Å². The van der Waals surface area contributed by atoms with Crippen LogP contribution in [-0.2, 0) is 17.8 Å². The molecule has 6 nitrogen and oxygen atoms in total. The van der Waals surface area contributed by atoms with E-state index in [4.69, 9.17) is 0 Å². The summed E-state index contributed by atoms with van der Waals surface area (Å²) in [7, 11) is 0. The first-order valence-corrected chi connectivity index (χ1v) is 13.3. The third-order valence-corrected chi connectivity index (χ3v) is 7.85. The van der Waals surface area contributed by atoms with E-state index in [1.54, 1.807) is 11.3 Å². The lowest BCUT2D eigenvalue weighted by atomic mass is 10.2. The minimum atomic E-state index is -0.113. The van der Waals surface area contributed by atoms with Gasteiger partial charge >= 0.3 is 0 Å². The Kier molecular flexibility index (Phi) is 7.21. The molecule has 0 saturated heterocycles. The molecule has 0 atom stereocenters. The number of carbonyl (C=O) groups excluding carboxylic acids is 1. The summed E-state index contributed by atoms with van der Waals surface area (Å²) in [6.45, 7) is 4.94. The third-order valence-electron chi connectivity index (χ3n) is 4.52. The van der Waals surface area contributed by atoms with E-state index in [0.29, 0.717) is 5.13 Å². The molecule has 3 aromatic heterocycles.